The van der Waals surface area contributed by atoms with Gasteiger partial charge in [0.05, 0.1) is 5.69 Å². The number of rotatable bonds is 2. The van der Waals surface area contributed by atoms with E-state index in [2.05, 4.69) is 10.3 Å². The first-order chi connectivity index (χ1) is 6.52. The monoisotopic (exact) mass is 194 g/mol. The average molecular weight is 194 g/mol. The number of pyridine rings is 1. The minimum Gasteiger partial charge on any atom is -0.476 e. The lowest BCUT2D eigenvalue weighted by Crippen LogP contribution is -2.13. The van der Waals surface area contributed by atoms with Crippen LogP contribution in [0.4, 0.5) is 5.69 Å². The standard InChI is InChI=1S/C9H10N2O3/c1-5-3-4-10-8(9(13)14)7(5)11-6(2)12/h3-4H,1-2H3,(H,11,12)(H,13,14). The van der Waals surface area contributed by atoms with Crippen molar-refractivity contribution in [3.63, 3.8) is 0 Å². The molecule has 5 heteroatoms. The van der Waals surface area contributed by atoms with Crippen LogP contribution in [0.5, 0.6) is 0 Å². The van der Waals surface area contributed by atoms with Crippen LogP contribution in [0.1, 0.15) is 23.0 Å². The summed E-state index contributed by atoms with van der Waals surface area (Å²) in [6.07, 6.45) is 1.39. The molecule has 0 aliphatic carbocycles. The lowest BCUT2D eigenvalue weighted by Gasteiger charge is -2.08. The quantitative estimate of drug-likeness (QED) is 0.737. The zero-order chi connectivity index (χ0) is 10.7. The van der Waals surface area contributed by atoms with Gasteiger partial charge >= 0.3 is 5.97 Å². The lowest BCUT2D eigenvalue weighted by atomic mass is 10.2. The Kier molecular flexibility index (Phi) is 2.81. The largest absolute Gasteiger partial charge is 0.476 e. The first-order valence-electron chi connectivity index (χ1n) is 3.99. The van der Waals surface area contributed by atoms with E-state index in [1.54, 1.807) is 13.0 Å². The minimum atomic E-state index is -1.16. The number of hydrogen-bond donors (Lipinski definition) is 2. The van der Waals surface area contributed by atoms with Crippen molar-refractivity contribution in [2.75, 3.05) is 5.32 Å². The smallest absolute Gasteiger partial charge is 0.356 e. The van der Waals surface area contributed by atoms with Crippen molar-refractivity contribution in [3.8, 4) is 0 Å². The molecule has 0 fully saturated rings. The average Bonchev–Trinajstić information content (AvgIpc) is 2.07. The molecule has 0 spiro atoms. The van der Waals surface area contributed by atoms with Gasteiger partial charge in [-0.05, 0) is 18.6 Å². The number of amides is 1. The molecule has 2 N–H and O–H groups in total. The Hall–Kier alpha value is -1.91. The fourth-order valence-corrected chi connectivity index (χ4v) is 1.05. The Morgan fingerprint density at radius 1 is 1.50 bits per heavy atom. The van der Waals surface area contributed by atoms with Gasteiger partial charge in [0.15, 0.2) is 5.69 Å². The molecule has 0 bridgehead atoms. The van der Waals surface area contributed by atoms with Crippen LogP contribution < -0.4 is 5.32 Å². The van der Waals surface area contributed by atoms with Crippen LogP contribution >= 0.6 is 0 Å². The van der Waals surface area contributed by atoms with Gasteiger partial charge in [-0.15, -0.1) is 0 Å². The van der Waals surface area contributed by atoms with E-state index in [1.165, 1.54) is 13.1 Å². The summed E-state index contributed by atoms with van der Waals surface area (Å²) < 4.78 is 0. The number of carboxylic acids is 1. The zero-order valence-corrected chi connectivity index (χ0v) is 7.87. The lowest BCUT2D eigenvalue weighted by molar-refractivity contribution is -0.114. The van der Waals surface area contributed by atoms with Crippen LogP contribution in [0.15, 0.2) is 12.3 Å². The highest BCUT2D eigenvalue weighted by molar-refractivity contribution is 5.99. The predicted molar refractivity (Wildman–Crippen MR) is 50.2 cm³/mol. The van der Waals surface area contributed by atoms with Gasteiger partial charge in [-0.1, -0.05) is 0 Å². The second kappa shape index (κ2) is 3.87. The Balaban J connectivity index is 3.22. The van der Waals surface area contributed by atoms with Crippen LogP contribution in [-0.4, -0.2) is 22.0 Å². The maximum absolute atomic E-state index is 10.8. The normalized spacial score (nSPS) is 9.57. The van der Waals surface area contributed by atoms with E-state index < -0.39 is 5.97 Å². The van der Waals surface area contributed by atoms with E-state index in [0.717, 1.165) is 0 Å². The van der Waals surface area contributed by atoms with Crippen LogP contribution in [0, 0.1) is 6.92 Å². The number of carboxylic acid groups (broad SMARTS) is 1. The molecule has 1 heterocycles. The summed E-state index contributed by atoms with van der Waals surface area (Å²) in [5.74, 6) is -1.47. The van der Waals surface area contributed by atoms with Crippen molar-refractivity contribution in [3.05, 3.63) is 23.5 Å². The van der Waals surface area contributed by atoms with Crippen molar-refractivity contribution >= 4 is 17.6 Å². The molecule has 1 amide bonds. The van der Waals surface area contributed by atoms with Gasteiger partial charge in [-0.3, -0.25) is 4.79 Å². The Bertz CT molecular complexity index is 388. The molecular formula is C9H10N2O3. The van der Waals surface area contributed by atoms with Crippen LogP contribution in [0.25, 0.3) is 0 Å². The van der Waals surface area contributed by atoms with Gasteiger partial charge in [0.25, 0.3) is 0 Å². The number of carbonyl (C=O) groups is 2. The SMILES string of the molecule is CC(=O)Nc1c(C)ccnc1C(=O)O. The van der Waals surface area contributed by atoms with E-state index in [0.29, 0.717) is 5.56 Å². The molecule has 0 aromatic carbocycles. The molecule has 5 nitrogen and oxygen atoms in total. The van der Waals surface area contributed by atoms with Gasteiger partial charge in [-0.25, -0.2) is 9.78 Å². The number of aryl methyl sites for hydroxylation is 1. The number of nitrogens with zero attached hydrogens (tertiary/aromatic N) is 1. The van der Waals surface area contributed by atoms with E-state index in [4.69, 9.17) is 5.11 Å². The first kappa shape index (κ1) is 10.2. The van der Waals surface area contributed by atoms with E-state index in [-0.39, 0.29) is 17.3 Å². The van der Waals surface area contributed by atoms with Gasteiger partial charge in [0.1, 0.15) is 0 Å². The van der Waals surface area contributed by atoms with Gasteiger partial charge < -0.3 is 10.4 Å². The summed E-state index contributed by atoms with van der Waals surface area (Å²) in [5, 5.41) is 11.2. The maximum atomic E-state index is 10.8. The van der Waals surface area contributed by atoms with E-state index >= 15 is 0 Å². The molecule has 0 atom stereocenters. The molecule has 1 aromatic heterocycles. The summed E-state index contributed by atoms with van der Waals surface area (Å²) in [4.78, 5) is 25.2. The van der Waals surface area contributed by atoms with Crippen molar-refractivity contribution < 1.29 is 14.7 Å². The number of anilines is 1. The molecule has 0 aliphatic heterocycles. The molecule has 0 saturated heterocycles. The minimum absolute atomic E-state index is 0.139. The molecule has 0 aliphatic rings. The molecule has 14 heavy (non-hydrogen) atoms. The van der Waals surface area contributed by atoms with Crippen molar-refractivity contribution in [2.45, 2.75) is 13.8 Å². The first-order valence-corrected chi connectivity index (χ1v) is 3.99. The Morgan fingerprint density at radius 2 is 2.14 bits per heavy atom. The van der Waals surface area contributed by atoms with Gasteiger partial charge in [0.2, 0.25) is 5.91 Å². The van der Waals surface area contributed by atoms with Gasteiger partial charge in [-0.2, -0.15) is 0 Å². The maximum Gasteiger partial charge on any atom is 0.356 e. The highest BCUT2D eigenvalue weighted by Crippen LogP contribution is 2.17. The van der Waals surface area contributed by atoms with Crippen molar-refractivity contribution in [1.29, 1.82) is 0 Å². The summed E-state index contributed by atoms with van der Waals surface area (Å²) >= 11 is 0. The molecule has 0 radical (unpaired) electrons. The van der Waals surface area contributed by atoms with Crippen LogP contribution in [0.3, 0.4) is 0 Å². The van der Waals surface area contributed by atoms with Crippen molar-refractivity contribution in [2.24, 2.45) is 0 Å². The molecule has 0 unspecified atom stereocenters. The van der Waals surface area contributed by atoms with E-state index in [9.17, 15) is 9.59 Å². The second-order valence-electron chi connectivity index (χ2n) is 2.84. The number of aromatic nitrogens is 1. The van der Waals surface area contributed by atoms with Crippen LogP contribution in [0.2, 0.25) is 0 Å². The number of hydrogen-bond acceptors (Lipinski definition) is 3. The van der Waals surface area contributed by atoms with Gasteiger partial charge in [0, 0.05) is 13.1 Å². The molecule has 0 saturated carbocycles. The third-order valence-electron chi connectivity index (χ3n) is 1.66. The van der Waals surface area contributed by atoms with Crippen LogP contribution in [-0.2, 0) is 4.79 Å². The predicted octanol–water partition coefficient (Wildman–Crippen LogP) is 1.05. The highest BCUT2D eigenvalue weighted by atomic mass is 16.4. The number of carbonyl (C=O) groups excluding carboxylic acids is 1. The summed E-state index contributed by atoms with van der Waals surface area (Å²) in [6, 6.07) is 1.64. The van der Waals surface area contributed by atoms with Crippen molar-refractivity contribution in [1.82, 2.24) is 4.98 Å². The molecule has 74 valence electrons. The zero-order valence-electron chi connectivity index (χ0n) is 7.87. The molecular weight excluding hydrogens is 184 g/mol. The number of nitrogens with one attached hydrogen (secondary N) is 1. The fraction of sp³-hybridized carbons (Fsp3) is 0.222. The second-order valence-corrected chi connectivity index (χ2v) is 2.84. The third kappa shape index (κ3) is 2.07. The summed E-state index contributed by atoms with van der Waals surface area (Å²) in [5.41, 5.74) is 0.792. The number of aromatic carboxylic acids is 1. The highest BCUT2D eigenvalue weighted by Gasteiger charge is 2.14. The van der Waals surface area contributed by atoms with E-state index in [1.807, 2.05) is 0 Å². The Labute approximate surface area is 80.8 Å². The third-order valence-corrected chi connectivity index (χ3v) is 1.66. The fourth-order valence-electron chi connectivity index (χ4n) is 1.05. The molecule has 1 aromatic rings. The molecule has 1 rings (SSSR count). The summed E-state index contributed by atoms with van der Waals surface area (Å²) in [6.45, 7) is 3.03. The topological polar surface area (TPSA) is 79.3 Å². The Morgan fingerprint density at radius 3 is 2.64 bits per heavy atom. The summed E-state index contributed by atoms with van der Waals surface area (Å²) in [7, 11) is 0.